The summed E-state index contributed by atoms with van der Waals surface area (Å²) in [6.07, 6.45) is 3.57. The Labute approximate surface area is 118 Å². The molecule has 7 heteroatoms. The lowest BCUT2D eigenvalue weighted by atomic mass is 10.3. The van der Waals surface area contributed by atoms with Crippen molar-refractivity contribution < 1.29 is 8.42 Å². The molecule has 0 aliphatic carbocycles. The van der Waals surface area contributed by atoms with Crippen molar-refractivity contribution in [2.75, 3.05) is 5.32 Å². The Morgan fingerprint density at radius 1 is 1.40 bits per heavy atom. The maximum atomic E-state index is 11.3. The highest BCUT2D eigenvalue weighted by Crippen LogP contribution is 2.16. The molecule has 1 aromatic heterocycles. The maximum Gasteiger partial charge on any atom is 0.238 e. The van der Waals surface area contributed by atoms with Crippen LogP contribution in [0, 0.1) is 0 Å². The van der Waals surface area contributed by atoms with Gasteiger partial charge in [-0.1, -0.05) is 6.07 Å². The van der Waals surface area contributed by atoms with E-state index in [9.17, 15) is 8.42 Å². The minimum atomic E-state index is -3.68. The van der Waals surface area contributed by atoms with E-state index in [0.29, 0.717) is 18.3 Å². The van der Waals surface area contributed by atoms with Gasteiger partial charge >= 0.3 is 0 Å². The van der Waals surface area contributed by atoms with E-state index in [-0.39, 0.29) is 4.90 Å². The van der Waals surface area contributed by atoms with E-state index in [0.717, 1.165) is 5.69 Å². The highest BCUT2D eigenvalue weighted by atomic mass is 32.2. The summed E-state index contributed by atoms with van der Waals surface area (Å²) >= 11 is 0. The number of benzene rings is 1. The third kappa shape index (κ3) is 3.37. The summed E-state index contributed by atoms with van der Waals surface area (Å²) in [5.74, 6) is 0. The SMILES string of the molecule is CC(C)n1cncc1CNc1cccc(S(N)(=O)=O)c1. The van der Waals surface area contributed by atoms with Crippen molar-refractivity contribution in [1.82, 2.24) is 9.55 Å². The normalized spacial score (nSPS) is 11.8. The lowest BCUT2D eigenvalue weighted by Gasteiger charge is -2.13. The number of nitrogens with one attached hydrogen (secondary N) is 1. The van der Waals surface area contributed by atoms with Gasteiger partial charge in [-0.05, 0) is 32.0 Å². The third-order valence-electron chi connectivity index (χ3n) is 2.94. The zero-order chi connectivity index (χ0) is 14.8. The molecule has 1 aromatic carbocycles. The van der Waals surface area contributed by atoms with Gasteiger partial charge in [0.2, 0.25) is 10.0 Å². The van der Waals surface area contributed by atoms with Gasteiger partial charge in [0.1, 0.15) is 0 Å². The van der Waals surface area contributed by atoms with Gasteiger partial charge in [0.15, 0.2) is 0 Å². The standard InChI is InChI=1S/C13H18N4O2S/c1-10(2)17-9-15-7-12(17)8-16-11-4-3-5-13(6-11)20(14,18)19/h3-7,9-10,16H,8H2,1-2H3,(H2,14,18,19). The summed E-state index contributed by atoms with van der Waals surface area (Å²) in [5, 5.41) is 8.28. The van der Waals surface area contributed by atoms with Crippen LogP contribution in [-0.4, -0.2) is 18.0 Å². The van der Waals surface area contributed by atoms with E-state index >= 15 is 0 Å². The van der Waals surface area contributed by atoms with E-state index in [4.69, 9.17) is 5.14 Å². The second-order valence-electron chi connectivity index (χ2n) is 4.81. The van der Waals surface area contributed by atoms with Crippen molar-refractivity contribution in [3.8, 4) is 0 Å². The molecular weight excluding hydrogens is 276 g/mol. The monoisotopic (exact) mass is 294 g/mol. The molecule has 3 N–H and O–H groups in total. The molecule has 6 nitrogen and oxygen atoms in total. The minimum Gasteiger partial charge on any atom is -0.379 e. The molecule has 0 saturated carbocycles. The number of nitrogens with zero attached hydrogens (tertiary/aromatic N) is 2. The van der Waals surface area contributed by atoms with Crippen LogP contribution in [0.15, 0.2) is 41.7 Å². The Morgan fingerprint density at radius 2 is 2.15 bits per heavy atom. The van der Waals surface area contributed by atoms with E-state index in [1.165, 1.54) is 12.1 Å². The van der Waals surface area contributed by atoms with Gasteiger partial charge in [0, 0.05) is 17.9 Å². The average Bonchev–Trinajstić information content (AvgIpc) is 2.84. The summed E-state index contributed by atoms with van der Waals surface area (Å²) in [6, 6.07) is 6.77. The van der Waals surface area contributed by atoms with Crippen molar-refractivity contribution in [1.29, 1.82) is 0 Å². The molecule has 2 aromatic rings. The number of nitrogens with two attached hydrogens (primary N) is 1. The zero-order valence-electron chi connectivity index (χ0n) is 11.4. The molecule has 0 bridgehead atoms. The first-order valence-electron chi connectivity index (χ1n) is 6.25. The molecular formula is C13H18N4O2S. The molecule has 2 rings (SSSR count). The Hall–Kier alpha value is -1.86. The third-order valence-corrected chi connectivity index (χ3v) is 3.85. The predicted molar refractivity (Wildman–Crippen MR) is 77.8 cm³/mol. The quantitative estimate of drug-likeness (QED) is 0.878. The van der Waals surface area contributed by atoms with Gasteiger partial charge in [0.25, 0.3) is 0 Å². The van der Waals surface area contributed by atoms with Crippen LogP contribution in [-0.2, 0) is 16.6 Å². The molecule has 0 aliphatic rings. The van der Waals surface area contributed by atoms with Gasteiger partial charge in [-0.25, -0.2) is 18.5 Å². The molecule has 0 atom stereocenters. The van der Waals surface area contributed by atoms with Crippen LogP contribution in [0.25, 0.3) is 0 Å². The number of rotatable bonds is 5. The lowest BCUT2D eigenvalue weighted by molar-refractivity contribution is 0.577. The fourth-order valence-corrected chi connectivity index (χ4v) is 2.47. The van der Waals surface area contributed by atoms with E-state index in [1.807, 2.05) is 0 Å². The molecule has 0 radical (unpaired) electrons. The number of aromatic nitrogens is 2. The van der Waals surface area contributed by atoms with E-state index < -0.39 is 10.0 Å². The molecule has 0 fully saturated rings. The molecule has 20 heavy (non-hydrogen) atoms. The van der Waals surface area contributed by atoms with Crippen molar-refractivity contribution in [3.05, 3.63) is 42.5 Å². The largest absolute Gasteiger partial charge is 0.379 e. The van der Waals surface area contributed by atoms with Gasteiger partial charge in [-0.2, -0.15) is 0 Å². The minimum absolute atomic E-state index is 0.0971. The van der Waals surface area contributed by atoms with Crippen LogP contribution in [0.5, 0.6) is 0 Å². The van der Waals surface area contributed by atoms with Gasteiger partial charge < -0.3 is 9.88 Å². The van der Waals surface area contributed by atoms with Crippen LogP contribution >= 0.6 is 0 Å². The van der Waals surface area contributed by atoms with Crippen LogP contribution in [0.4, 0.5) is 5.69 Å². The highest BCUT2D eigenvalue weighted by Gasteiger charge is 2.09. The second kappa shape index (κ2) is 5.64. The predicted octanol–water partition coefficient (Wildman–Crippen LogP) is 1.72. The van der Waals surface area contributed by atoms with Crippen LogP contribution in [0.1, 0.15) is 25.6 Å². The number of imidazole rings is 1. The summed E-state index contributed by atoms with van der Waals surface area (Å²) in [7, 11) is -3.68. The van der Waals surface area contributed by atoms with Gasteiger partial charge in [-0.15, -0.1) is 0 Å². The number of hydrogen-bond acceptors (Lipinski definition) is 4. The first-order valence-corrected chi connectivity index (χ1v) is 7.80. The van der Waals surface area contributed by atoms with Crippen LogP contribution in [0.2, 0.25) is 0 Å². The first kappa shape index (κ1) is 14.5. The Bertz CT molecular complexity index is 692. The average molecular weight is 294 g/mol. The van der Waals surface area contributed by atoms with E-state index in [1.54, 1.807) is 24.7 Å². The van der Waals surface area contributed by atoms with Gasteiger partial charge in [-0.3, -0.25) is 0 Å². The van der Waals surface area contributed by atoms with E-state index in [2.05, 4.69) is 28.7 Å². The topological polar surface area (TPSA) is 90.0 Å². The van der Waals surface area contributed by atoms with Crippen molar-refractivity contribution in [2.24, 2.45) is 5.14 Å². The molecule has 0 saturated heterocycles. The first-order chi connectivity index (χ1) is 9.38. The molecule has 0 unspecified atom stereocenters. The van der Waals surface area contributed by atoms with Crippen LogP contribution < -0.4 is 10.5 Å². The highest BCUT2D eigenvalue weighted by molar-refractivity contribution is 7.89. The summed E-state index contributed by atoms with van der Waals surface area (Å²) < 4.78 is 24.6. The van der Waals surface area contributed by atoms with Crippen molar-refractivity contribution >= 4 is 15.7 Å². The Balaban J connectivity index is 2.13. The molecule has 0 aliphatic heterocycles. The zero-order valence-corrected chi connectivity index (χ0v) is 12.3. The fraction of sp³-hybridized carbons (Fsp3) is 0.308. The molecule has 0 spiro atoms. The van der Waals surface area contributed by atoms with Crippen LogP contribution in [0.3, 0.4) is 0 Å². The fourth-order valence-electron chi connectivity index (χ4n) is 1.91. The Kier molecular flexibility index (Phi) is 4.10. The maximum absolute atomic E-state index is 11.3. The number of sulfonamides is 1. The van der Waals surface area contributed by atoms with Gasteiger partial charge in [0.05, 0.1) is 23.5 Å². The molecule has 1 heterocycles. The smallest absolute Gasteiger partial charge is 0.238 e. The molecule has 0 amide bonds. The summed E-state index contributed by atoms with van der Waals surface area (Å²) in [4.78, 5) is 4.22. The Morgan fingerprint density at radius 3 is 2.80 bits per heavy atom. The van der Waals surface area contributed by atoms with Crippen molar-refractivity contribution in [3.63, 3.8) is 0 Å². The van der Waals surface area contributed by atoms with Crippen molar-refractivity contribution in [2.45, 2.75) is 31.3 Å². The number of anilines is 1. The second-order valence-corrected chi connectivity index (χ2v) is 6.37. The number of hydrogen-bond donors (Lipinski definition) is 2. The number of primary sulfonamides is 1. The molecule has 108 valence electrons. The lowest BCUT2D eigenvalue weighted by Crippen LogP contribution is -2.13. The summed E-state index contributed by atoms with van der Waals surface area (Å²) in [5.41, 5.74) is 1.73. The summed E-state index contributed by atoms with van der Waals surface area (Å²) in [6.45, 7) is 4.71.